The van der Waals surface area contributed by atoms with Crippen molar-refractivity contribution in [2.24, 2.45) is 7.05 Å². The summed E-state index contributed by atoms with van der Waals surface area (Å²) < 4.78 is 13.7. The van der Waals surface area contributed by atoms with E-state index >= 15 is 0 Å². The average Bonchev–Trinajstić information content (AvgIpc) is 3.35. The van der Waals surface area contributed by atoms with E-state index in [0.29, 0.717) is 22.5 Å². The lowest BCUT2D eigenvalue weighted by Crippen LogP contribution is -2.33. The highest BCUT2D eigenvalue weighted by molar-refractivity contribution is 5.98. The van der Waals surface area contributed by atoms with Crippen LogP contribution in [0.1, 0.15) is 29.4 Å². The molecule has 2 aromatic carbocycles. The molecule has 0 aliphatic rings. The molecule has 0 saturated carbocycles. The summed E-state index contributed by atoms with van der Waals surface area (Å²) in [5.74, 6) is -1.25. The first-order valence-corrected chi connectivity index (χ1v) is 10.1. The maximum absolute atomic E-state index is 13.0. The molecule has 0 bridgehead atoms. The third-order valence-corrected chi connectivity index (χ3v) is 5.28. The Kier molecular flexibility index (Phi) is 5.63. The number of fused-ring (bicyclic) bond motifs is 1. The van der Waals surface area contributed by atoms with E-state index in [1.54, 1.807) is 49.8 Å². The van der Waals surface area contributed by atoms with Gasteiger partial charge in [0.25, 0.3) is 11.5 Å². The van der Waals surface area contributed by atoms with Gasteiger partial charge in [-0.3, -0.25) is 14.3 Å². The molecule has 1 N–H and O–H groups in total. The highest BCUT2D eigenvalue weighted by atomic mass is 16.5. The Balaban J connectivity index is 1.54. The van der Waals surface area contributed by atoms with Crippen LogP contribution in [0.2, 0.25) is 0 Å². The molecular formula is C23H22N4O5. The number of carbonyl (C=O) groups excluding carboxylic acids is 2. The highest BCUT2D eigenvalue weighted by Gasteiger charge is 2.26. The molecule has 1 amide bonds. The standard InChI is InChI=1S/C23H22N4O5/c1-4-18(32-23(30)15-10-11-17-19(12-15)31-13-24-17)21(28)25-20-14(2)26(3)27(22(20)29)16-8-6-5-7-9-16/h5-13,18H,4H2,1-3H3,(H,25,28). The molecule has 9 nitrogen and oxygen atoms in total. The third-order valence-electron chi connectivity index (χ3n) is 5.28. The fourth-order valence-corrected chi connectivity index (χ4v) is 3.42. The van der Waals surface area contributed by atoms with E-state index < -0.39 is 18.0 Å². The zero-order chi connectivity index (χ0) is 22.8. The molecular weight excluding hydrogens is 412 g/mol. The summed E-state index contributed by atoms with van der Waals surface area (Å²) in [4.78, 5) is 42.5. The number of rotatable bonds is 6. The number of hydrogen-bond donors (Lipinski definition) is 1. The molecule has 4 aromatic rings. The maximum Gasteiger partial charge on any atom is 0.339 e. The average molecular weight is 434 g/mol. The van der Waals surface area contributed by atoms with Gasteiger partial charge in [0.1, 0.15) is 11.2 Å². The van der Waals surface area contributed by atoms with Gasteiger partial charge >= 0.3 is 5.97 Å². The Morgan fingerprint density at radius 3 is 2.66 bits per heavy atom. The first-order chi connectivity index (χ1) is 15.4. The van der Waals surface area contributed by atoms with Gasteiger partial charge in [0.2, 0.25) is 0 Å². The van der Waals surface area contributed by atoms with Gasteiger partial charge in [0.05, 0.1) is 16.9 Å². The summed E-state index contributed by atoms with van der Waals surface area (Å²) in [6.07, 6.45) is 0.449. The molecule has 0 aliphatic carbocycles. The van der Waals surface area contributed by atoms with E-state index in [1.165, 1.54) is 17.1 Å². The Hall–Kier alpha value is -4.14. The smallest absolute Gasteiger partial charge is 0.339 e. The first kappa shape index (κ1) is 21.1. The van der Waals surface area contributed by atoms with Crippen LogP contribution in [0, 0.1) is 6.92 Å². The Labute approximate surface area is 183 Å². The van der Waals surface area contributed by atoms with Crippen molar-refractivity contribution in [2.45, 2.75) is 26.4 Å². The van der Waals surface area contributed by atoms with Crippen LogP contribution in [0.3, 0.4) is 0 Å². The van der Waals surface area contributed by atoms with Gasteiger partial charge in [0.15, 0.2) is 18.1 Å². The minimum Gasteiger partial charge on any atom is -0.449 e. The van der Waals surface area contributed by atoms with Gasteiger partial charge in [-0.1, -0.05) is 25.1 Å². The molecule has 2 heterocycles. The zero-order valence-electron chi connectivity index (χ0n) is 17.9. The minimum absolute atomic E-state index is 0.138. The molecule has 0 fully saturated rings. The number of aromatic nitrogens is 3. The number of ether oxygens (including phenoxy) is 1. The van der Waals surface area contributed by atoms with Crippen LogP contribution in [-0.2, 0) is 16.6 Å². The lowest BCUT2D eigenvalue weighted by atomic mass is 10.2. The number of amides is 1. The van der Waals surface area contributed by atoms with Gasteiger partial charge in [-0.25, -0.2) is 14.5 Å². The van der Waals surface area contributed by atoms with Gasteiger partial charge in [-0.15, -0.1) is 0 Å². The number of benzene rings is 2. The number of nitrogens with one attached hydrogen (secondary N) is 1. The quantitative estimate of drug-likeness (QED) is 0.467. The second-order valence-corrected chi connectivity index (χ2v) is 7.26. The van der Waals surface area contributed by atoms with Crippen LogP contribution in [-0.4, -0.2) is 32.3 Å². The first-order valence-electron chi connectivity index (χ1n) is 10.1. The van der Waals surface area contributed by atoms with Crippen molar-refractivity contribution in [1.29, 1.82) is 0 Å². The van der Waals surface area contributed by atoms with E-state index in [-0.39, 0.29) is 23.2 Å². The van der Waals surface area contributed by atoms with Crippen molar-refractivity contribution in [2.75, 3.05) is 5.32 Å². The van der Waals surface area contributed by atoms with E-state index in [1.807, 2.05) is 18.2 Å². The molecule has 1 unspecified atom stereocenters. The lowest BCUT2D eigenvalue weighted by molar-refractivity contribution is -0.124. The SMILES string of the molecule is CCC(OC(=O)c1ccc2ncoc2c1)C(=O)Nc1c(C)n(C)n(-c2ccccc2)c1=O. The number of oxazole rings is 1. The molecule has 4 rings (SSSR count). The molecule has 0 radical (unpaired) electrons. The van der Waals surface area contributed by atoms with E-state index in [2.05, 4.69) is 10.3 Å². The number of esters is 1. The molecule has 1 atom stereocenters. The molecule has 9 heteroatoms. The van der Waals surface area contributed by atoms with Gasteiger partial charge < -0.3 is 14.5 Å². The number of para-hydroxylation sites is 1. The topological polar surface area (TPSA) is 108 Å². The second kappa shape index (κ2) is 8.54. The predicted molar refractivity (Wildman–Crippen MR) is 118 cm³/mol. The molecule has 164 valence electrons. The molecule has 0 spiro atoms. The minimum atomic E-state index is -1.07. The Morgan fingerprint density at radius 2 is 1.94 bits per heavy atom. The fourth-order valence-electron chi connectivity index (χ4n) is 3.42. The van der Waals surface area contributed by atoms with E-state index in [9.17, 15) is 14.4 Å². The van der Waals surface area contributed by atoms with Crippen molar-refractivity contribution in [3.63, 3.8) is 0 Å². The maximum atomic E-state index is 13.0. The van der Waals surface area contributed by atoms with Crippen LogP contribution < -0.4 is 10.9 Å². The number of nitrogens with zero attached hydrogens (tertiary/aromatic N) is 3. The Morgan fingerprint density at radius 1 is 1.19 bits per heavy atom. The van der Waals surface area contributed by atoms with Crippen molar-refractivity contribution < 1.29 is 18.7 Å². The van der Waals surface area contributed by atoms with Gasteiger partial charge in [-0.05, 0) is 43.7 Å². The van der Waals surface area contributed by atoms with Crippen LogP contribution in [0.4, 0.5) is 5.69 Å². The second-order valence-electron chi connectivity index (χ2n) is 7.26. The molecule has 2 aromatic heterocycles. The summed E-state index contributed by atoms with van der Waals surface area (Å²) >= 11 is 0. The summed E-state index contributed by atoms with van der Waals surface area (Å²) in [5.41, 5.74) is 2.30. The van der Waals surface area contributed by atoms with E-state index in [4.69, 9.17) is 9.15 Å². The largest absolute Gasteiger partial charge is 0.449 e. The van der Waals surface area contributed by atoms with Crippen molar-refractivity contribution >= 4 is 28.7 Å². The zero-order valence-corrected chi connectivity index (χ0v) is 17.9. The summed E-state index contributed by atoms with van der Waals surface area (Å²) in [7, 11) is 1.73. The molecule has 0 aliphatic heterocycles. The summed E-state index contributed by atoms with van der Waals surface area (Å²) in [6, 6.07) is 13.8. The van der Waals surface area contributed by atoms with Crippen LogP contribution in [0.25, 0.3) is 16.8 Å². The summed E-state index contributed by atoms with van der Waals surface area (Å²) in [6.45, 7) is 3.45. The van der Waals surface area contributed by atoms with Crippen LogP contribution in [0.5, 0.6) is 0 Å². The van der Waals surface area contributed by atoms with E-state index in [0.717, 1.165) is 0 Å². The molecule has 32 heavy (non-hydrogen) atoms. The fraction of sp³-hybridized carbons (Fsp3) is 0.217. The van der Waals surface area contributed by atoms with Crippen molar-refractivity contribution in [3.05, 3.63) is 76.5 Å². The van der Waals surface area contributed by atoms with Crippen molar-refractivity contribution in [1.82, 2.24) is 14.3 Å². The number of carbonyl (C=O) groups is 2. The molecule has 0 saturated heterocycles. The Bertz CT molecular complexity index is 1350. The summed E-state index contributed by atoms with van der Waals surface area (Å²) in [5, 5.41) is 2.64. The highest BCUT2D eigenvalue weighted by Crippen LogP contribution is 2.18. The predicted octanol–water partition coefficient (Wildman–Crippen LogP) is 3.20. The monoisotopic (exact) mass is 434 g/mol. The number of anilines is 1. The third kappa shape index (κ3) is 3.80. The van der Waals surface area contributed by atoms with Gasteiger partial charge in [-0.2, -0.15) is 0 Å². The van der Waals surface area contributed by atoms with Crippen LogP contribution >= 0.6 is 0 Å². The normalized spacial score (nSPS) is 12.0. The number of hydrogen-bond acceptors (Lipinski definition) is 6. The van der Waals surface area contributed by atoms with Crippen molar-refractivity contribution in [3.8, 4) is 5.69 Å². The van der Waals surface area contributed by atoms with Gasteiger partial charge in [0, 0.05) is 7.05 Å². The van der Waals surface area contributed by atoms with Crippen LogP contribution in [0.15, 0.2) is 64.1 Å². The lowest BCUT2D eigenvalue weighted by Gasteiger charge is -2.15.